The van der Waals surface area contributed by atoms with E-state index >= 15 is 0 Å². The minimum absolute atomic E-state index is 0.876. The number of aliphatic carboxylic acids is 2. The van der Waals surface area contributed by atoms with Gasteiger partial charge in [0.25, 0.3) is 0 Å². The fourth-order valence-electron chi connectivity index (χ4n) is 0.831. The van der Waals surface area contributed by atoms with Gasteiger partial charge in [-0.1, -0.05) is 0 Å². The van der Waals surface area contributed by atoms with Gasteiger partial charge in [0.05, 0.1) is 6.42 Å². The first-order chi connectivity index (χ1) is 7.19. The molecule has 0 aliphatic heterocycles. The molecule has 16 heavy (non-hydrogen) atoms. The summed E-state index contributed by atoms with van der Waals surface area (Å²) in [5.74, 6) is -2.99. The van der Waals surface area contributed by atoms with Crippen molar-refractivity contribution < 1.29 is 37.9 Å². The average Bonchev–Trinajstić information content (AvgIpc) is 2.16. The third-order valence-electron chi connectivity index (χ3n) is 1.70. The second kappa shape index (κ2) is 5.40. The van der Waals surface area contributed by atoms with E-state index in [9.17, 15) is 14.2 Å². The van der Waals surface area contributed by atoms with Gasteiger partial charge in [0.2, 0.25) is 0 Å². The number of rotatable bonds is 7. The molecule has 0 aromatic heterocycles. The van der Waals surface area contributed by atoms with Crippen molar-refractivity contribution in [3.05, 3.63) is 0 Å². The van der Waals surface area contributed by atoms with Crippen LogP contribution in [0.25, 0.3) is 0 Å². The molecule has 94 valence electrons. The molecule has 0 amide bonds. The Bertz CT molecular complexity index is 318. The van der Waals surface area contributed by atoms with Crippen molar-refractivity contribution >= 4 is 19.8 Å². The van der Waals surface area contributed by atoms with E-state index in [1.54, 1.807) is 0 Å². The highest BCUT2D eigenvalue weighted by Gasteiger charge is 2.44. The molecule has 8 nitrogen and oxygen atoms in total. The predicted octanol–water partition coefficient (Wildman–Crippen LogP) is 0.722. The number of carboxylic acids is 2. The summed E-state index contributed by atoms with van der Waals surface area (Å²) in [6.45, 7) is 0.966. The van der Waals surface area contributed by atoms with Crippen LogP contribution < -0.4 is 0 Å². The number of hydrogen-bond acceptors (Lipinski definition) is 6. The number of phosphoric ester groups is 1. The third kappa shape index (κ3) is 3.90. The van der Waals surface area contributed by atoms with E-state index < -0.39 is 31.8 Å². The molecular formula is C7H13O8P. The molecule has 0 fully saturated rings. The summed E-state index contributed by atoms with van der Waals surface area (Å²) in [6.07, 6.45) is -0.876. The van der Waals surface area contributed by atoms with Gasteiger partial charge in [-0.2, -0.15) is 0 Å². The molecule has 0 radical (unpaired) electrons. The van der Waals surface area contributed by atoms with Crippen molar-refractivity contribution in [1.82, 2.24) is 0 Å². The maximum atomic E-state index is 11.5. The van der Waals surface area contributed by atoms with E-state index in [0.29, 0.717) is 0 Å². The molecule has 1 unspecified atom stereocenters. The number of carboxylic acid groups (broad SMARTS) is 2. The van der Waals surface area contributed by atoms with Gasteiger partial charge in [-0.3, -0.25) is 18.4 Å². The molecule has 2 N–H and O–H groups in total. The molecule has 0 aromatic rings. The van der Waals surface area contributed by atoms with E-state index in [0.717, 1.165) is 21.1 Å². The Balaban J connectivity index is 5.01. The fourth-order valence-corrected chi connectivity index (χ4v) is 1.77. The first kappa shape index (κ1) is 15.0. The van der Waals surface area contributed by atoms with E-state index in [1.165, 1.54) is 0 Å². The Kier molecular flexibility index (Phi) is 5.08. The summed E-state index contributed by atoms with van der Waals surface area (Å²) < 4.78 is 24.9. The molecule has 0 heterocycles. The van der Waals surface area contributed by atoms with Crippen molar-refractivity contribution in [2.75, 3.05) is 14.2 Å². The molecular weight excluding hydrogens is 243 g/mol. The van der Waals surface area contributed by atoms with E-state index in [2.05, 4.69) is 13.6 Å². The van der Waals surface area contributed by atoms with Crippen molar-refractivity contribution in [1.29, 1.82) is 0 Å². The van der Waals surface area contributed by atoms with Gasteiger partial charge in [-0.15, -0.1) is 0 Å². The molecule has 0 saturated heterocycles. The average molecular weight is 256 g/mol. The first-order valence-electron chi connectivity index (χ1n) is 4.06. The lowest BCUT2D eigenvalue weighted by molar-refractivity contribution is -0.162. The maximum Gasteiger partial charge on any atom is 0.475 e. The highest BCUT2D eigenvalue weighted by Crippen LogP contribution is 2.51. The Labute approximate surface area is 91.7 Å². The lowest BCUT2D eigenvalue weighted by Gasteiger charge is -2.26. The molecule has 0 aromatic carbocycles. The van der Waals surface area contributed by atoms with E-state index in [1.807, 2.05) is 0 Å². The maximum absolute atomic E-state index is 11.5. The van der Waals surface area contributed by atoms with E-state index in [-0.39, 0.29) is 0 Å². The molecule has 0 aliphatic rings. The summed E-state index contributed by atoms with van der Waals surface area (Å²) >= 11 is 0. The SMILES string of the molecule is COP(=O)(OC)OC(C)(CC(=O)O)C(=O)O. The minimum Gasteiger partial charge on any atom is -0.481 e. The van der Waals surface area contributed by atoms with Crippen LogP contribution in [0.2, 0.25) is 0 Å². The largest absolute Gasteiger partial charge is 0.481 e. The van der Waals surface area contributed by atoms with Crippen LogP contribution in [0.4, 0.5) is 0 Å². The summed E-state index contributed by atoms with van der Waals surface area (Å²) in [7, 11) is -2.07. The second-order valence-electron chi connectivity index (χ2n) is 3.01. The Morgan fingerprint density at radius 1 is 1.25 bits per heavy atom. The lowest BCUT2D eigenvalue weighted by Crippen LogP contribution is -2.39. The van der Waals surface area contributed by atoms with Crippen LogP contribution in [-0.4, -0.2) is 42.0 Å². The molecule has 0 bridgehead atoms. The molecule has 0 aliphatic carbocycles. The molecule has 0 rings (SSSR count). The quantitative estimate of drug-likeness (QED) is 0.639. The summed E-state index contributed by atoms with van der Waals surface area (Å²) in [5, 5.41) is 17.3. The summed E-state index contributed by atoms with van der Waals surface area (Å²) in [5.41, 5.74) is -2.19. The molecule has 0 spiro atoms. The van der Waals surface area contributed by atoms with E-state index in [4.69, 9.17) is 10.2 Å². The summed E-state index contributed by atoms with van der Waals surface area (Å²) in [6, 6.07) is 0. The monoisotopic (exact) mass is 256 g/mol. The van der Waals surface area contributed by atoms with Gasteiger partial charge in [-0.25, -0.2) is 9.36 Å². The fraction of sp³-hybridized carbons (Fsp3) is 0.714. The smallest absolute Gasteiger partial charge is 0.475 e. The molecule has 1 atom stereocenters. The first-order valence-corrected chi connectivity index (χ1v) is 5.52. The van der Waals surface area contributed by atoms with Crippen LogP contribution in [0.3, 0.4) is 0 Å². The Hall–Kier alpha value is -0.950. The third-order valence-corrected chi connectivity index (χ3v) is 3.22. The molecule has 9 heteroatoms. The number of hydrogen-bond donors (Lipinski definition) is 2. The van der Waals surface area contributed by atoms with Crippen molar-refractivity contribution in [3.8, 4) is 0 Å². The van der Waals surface area contributed by atoms with Crippen LogP contribution >= 0.6 is 7.82 Å². The topological polar surface area (TPSA) is 119 Å². The lowest BCUT2D eigenvalue weighted by atomic mass is 10.0. The zero-order chi connectivity index (χ0) is 13.0. The Morgan fingerprint density at radius 3 is 1.94 bits per heavy atom. The molecule has 0 saturated carbocycles. The van der Waals surface area contributed by atoms with Crippen LogP contribution in [0.15, 0.2) is 0 Å². The normalized spacial score (nSPS) is 15.4. The zero-order valence-corrected chi connectivity index (χ0v) is 9.89. The highest BCUT2D eigenvalue weighted by atomic mass is 31.2. The zero-order valence-electron chi connectivity index (χ0n) is 9.00. The van der Waals surface area contributed by atoms with Gasteiger partial charge in [0, 0.05) is 14.2 Å². The highest BCUT2D eigenvalue weighted by molar-refractivity contribution is 7.48. The second-order valence-corrected chi connectivity index (χ2v) is 4.82. The number of phosphoric acid groups is 1. The minimum atomic E-state index is -4.06. The van der Waals surface area contributed by atoms with Crippen molar-refractivity contribution in [2.45, 2.75) is 18.9 Å². The van der Waals surface area contributed by atoms with Crippen molar-refractivity contribution in [3.63, 3.8) is 0 Å². The van der Waals surface area contributed by atoms with Crippen molar-refractivity contribution in [2.24, 2.45) is 0 Å². The Morgan fingerprint density at radius 2 is 1.69 bits per heavy atom. The summed E-state index contributed by atoms with van der Waals surface area (Å²) in [4.78, 5) is 21.3. The van der Waals surface area contributed by atoms with Gasteiger partial charge in [0.1, 0.15) is 0 Å². The predicted molar refractivity (Wildman–Crippen MR) is 51.0 cm³/mol. The van der Waals surface area contributed by atoms with Gasteiger partial charge in [0.15, 0.2) is 5.60 Å². The standard InChI is InChI=1S/C7H13O8P/c1-7(6(10)11,4-5(8)9)15-16(12,13-2)14-3/h4H2,1-3H3,(H,8,9)(H,10,11). The van der Waals surface area contributed by atoms with Crippen LogP contribution in [0.5, 0.6) is 0 Å². The van der Waals surface area contributed by atoms with Crippen LogP contribution in [0.1, 0.15) is 13.3 Å². The van der Waals surface area contributed by atoms with Gasteiger partial charge >= 0.3 is 19.8 Å². The number of carbonyl (C=O) groups is 2. The van der Waals surface area contributed by atoms with Gasteiger partial charge in [-0.05, 0) is 6.92 Å². The van der Waals surface area contributed by atoms with Crippen LogP contribution in [0, 0.1) is 0 Å². The van der Waals surface area contributed by atoms with Gasteiger partial charge < -0.3 is 10.2 Å². The van der Waals surface area contributed by atoms with Crippen LogP contribution in [-0.2, 0) is 27.7 Å².